The molecule has 1 amide bonds. The molecule has 1 aromatic carbocycles. The van der Waals surface area contributed by atoms with Crippen LogP contribution in [0.5, 0.6) is 0 Å². The summed E-state index contributed by atoms with van der Waals surface area (Å²) in [6, 6.07) is 6.40. The van der Waals surface area contributed by atoms with Gasteiger partial charge in [-0.15, -0.1) is 0 Å². The number of carbonyl (C=O) groups is 1. The lowest BCUT2D eigenvalue weighted by molar-refractivity contribution is -0.127. The number of rotatable bonds is 4. The second-order valence-corrected chi connectivity index (χ2v) is 7.19. The molecule has 2 unspecified atom stereocenters. The van der Waals surface area contributed by atoms with E-state index in [1.165, 1.54) is 12.1 Å². The van der Waals surface area contributed by atoms with E-state index in [4.69, 9.17) is 0 Å². The molecule has 0 aromatic heterocycles. The van der Waals surface area contributed by atoms with E-state index in [9.17, 15) is 14.3 Å². The Hall–Kier alpha value is -1.42. The summed E-state index contributed by atoms with van der Waals surface area (Å²) in [4.78, 5) is 12.9. The molecule has 3 nitrogen and oxygen atoms in total. The number of hydrogen-bond acceptors (Lipinski definition) is 2. The van der Waals surface area contributed by atoms with E-state index < -0.39 is 5.41 Å². The van der Waals surface area contributed by atoms with Crippen molar-refractivity contribution in [1.82, 2.24) is 5.32 Å². The number of carbonyl (C=O) groups excluding carboxylic acids is 1. The minimum atomic E-state index is -0.499. The topological polar surface area (TPSA) is 49.3 Å². The molecule has 0 spiro atoms. The summed E-state index contributed by atoms with van der Waals surface area (Å²) in [5.74, 6) is 0.176. The van der Waals surface area contributed by atoms with Gasteiger partial charge < -0.3 is 10.4 Å². The summed E-state index contributed by atoms with van der Waals surface area (Å²) < 4.78 is 13.2. The highest BCUT2D eigenvalue weighted by Gasteiger charge is 2.42. The Labute approximate surface area is 137 Å². The molecule has 0 aliphatic heterocycles. The molecule has 2 fully saturated rings. The van der Waals surface area contributed by atoms with Crippen molar-refractivity contribution >= 4 is 5.91 Å². The Balaban J connectivity index is 1.68. The third kappa shape index (κ3) is 3.57. The van der Waals surface area contributed by atoms with Gasteiger partial charge in [-0.25, -0.2) is 4.39 Å². The van der Waals surface area contributed by atoms with Gasteiger partial charge in [0.15, 0.2) is 0 Å². The van der Waals surface area contributed by atoms with Gasteiger partial charge in [0.1, 0.15) is 5.82 Å². The molecular formula is C19H26FNO2. The molecule has 2 atom stereocenters. The lowest BCUT2D eigenvalue weighted by atomic mass is 9.77. The monoisotopic (exact) mass is 319 g/mol. The number of aliphatic hydroxyl groups is 1. The van der Waals surface area contributed by atoms with Gasteiger partial charge >= 0.3 is 0 Å². The third-order valence-corrected chi connectivity index (χ3v) is 5.59. The first-order chi connectivity index (χ1) is 11.1. The van der Waals surface area contributed by atoms with Crippen LogP contribution in [0.15, 0.2) is 24.3 Å². The van der Waals surface area contributed by atoms with Gasteiger partial charge in [0.2, 0.25) is 5.91 Å². The first-order valence-corrected chi connectivity index (χ1v) is 8.82. The standard InChI is InChI=1S/C19H26FNO2/c20-16-8-6-15(7-9-16)19(10-1-2-11-19)18(23)21-13-14-4-3-5-17(22)12-14/h6-9,14,17,22H,1-5,10-13H2,(H,21,23). The van der Waals surface area contributed by atoms with E-state index in [0.717, 1.165) is 56.9 Å². The van der Waals surface area contributed by atoms with Gasteiger partial charge in [-0.1, -0.05) is 31.4 Å². The summed E-state index contributed by atoms with van der Waals surface area (Å²) in [5.41, 5.74) is 0.429. The van der Waals surface area contributed by atoms with Gasteiger partial charge in [0.05, 0.1) is 11.5 Å². The highest BCUT2D eigenvalue weighted by Crippen LogP contribution is 2.41. The zero-order valence-corrected chi connectivity index (χ0v) is 13.6. The Bertz CT molecular complexity index is 537. The van der Waals surface area contributed by atoms with Gasteiger partial charge in [-0.2, -0.15) is 0 Å². The van der Waals surface area contributed by atoms with Gasteiger partial charge in [-0.05, 0) is 55.7 Å². The highest BCUT2D eigenvalue weighted by atomic mass is 19.1. The number of aliphatic hydroxyl groups excluding tert-OH is 1. The van der Waals surface area contributed by atoms with Crippen molar-refractivity contribution < 1.29 is 14.3 Å². The van der Waals surface area contributed by atoms with Crippen molar-refractivity contribution in [1.29, 1.82) is 0 Å². The molecule has 3 rings (SSSR count). The van der Waals surface area contributed by atoms with Gasteiger partial charge in [0.25, 0.3) is 0 Å². The Morgan fingerprint density at radius 2 is 1.87 bits per heavy atom. The second-order valence-electron chi connectivity index (χ2n) is 7.19. The second kappa shape index (κ2) is 7.00. The smallest absolute Gasteiger partial charge is 0.230 e. The van der Waals surface area contributed by atoms with Crippen LogP contribution >= 0.6 is 0 Å². The third-order valence-electron chi connectivity index (χ3n) is 5.59. The van der Waals surface area contributed by atoms with E-state index in [2.05, 4.69) is 5.32 Å². The zero-order chi connectivity index (χ0) is 16.3. The van der Waals surface area contributed by atoms with Crippen molar-refractivity contribution in [3.8, 4) is 0 Å². The maximum Gasteiger partial charge on any atom is 0.230 e. The van der Waals surface area contributed by atoms with E-state index >= 15 is 0 Å². The van der Waals surface area contributed by atoms with E-state index in [1.54, 1.807) is 12.1 Å². The normalized spacial score (nSPS) is 26.9. The zero-order valence-electron chi connectivity index (χ0n) is 13.6. The summed E-state index contributed by atoms with van der Waals surface area (Å²) >= 11 is 0. The van der Waals surface area contributed by atoms with E-state index in [-0.39, 0.29) is 17.8 Å². The lowest BCUT2D eigenvalue weighted by Crippen LogP contribution is -2.45. The number of hydrogen-bond donors (Lipinski definition) is 2. The number of benzene rings is 1. The predicted octanol–water partition coefficient (Wildman–Crippen LogP) is 3.30. The fraction of sp³-hybridized carbons (Fsp3) is 0.632. The fourth-order valence-electron chi connectivity index (χ4n) is 4.25. The quantitative estimate of drug-likeness (QED) is 0.894. The average Bonchev–Trinajstić information content (AvgIpc) is 3.04. The fourth-order valence-corrected chi connectivity index (χ4v) is 4.25. The minimum absolute atomic E-state index is 0.0710. The Kier molecular flexibility index (Phi) is 5.00. The van der Waals surface area contributed by atoms with Crippen LogP contribution in [-0.4, -0.2) is 23.7 Å². The molecule has 0 radical (unpaired) electrons. The summed E-state index contributed by atoms with van der Waals surface area (Å²) in [5, 5.41) is 12.9. The molecule has 2 aliphatic carbocycles. The van der Waals surface area contributed by atoms with Crippen LogP contribution in [0, 0.1) is 11.7 Å². The van der Waals surface area contributed by atoms with Crippen molar-refractivity contribution in [3.63, 3.8) is 0 Å². The van der Waals surface area contributed by atoms with E-state index in [1.807, 2.05) is 0 Å². The average molecular weight is 319 g/mol. The van der Waals surface area contributed by atoms with E-state index in [0.29, 0.717) is 12.5 Å². The SMILES string of the molecule is O=C(NCC1CCCC(O)C1)C1(c2ccc(F)cc2)CCCC1. The molecule has 126 valence electrons. The van der Waals surface area contributed by atoms with Crippen molar-refractivity contribution in [2.24, 2.45) is 5.92 Å². The van der Waals surface area contributed by atoms with Crippen LogP contribution in [0.4, 0.5) is 4.39 Å². The molecule has 0 heterocycles. The largest absolute Gasteiger partial charge is 0.393 e. The maximum atomic E-state index is 13.2. The van der Waals surface area contributed by atoms with Crippen LogP contribution in [0.3, 0.4) is 0 Å². The first kappa shape index (κ1) is 16.4. The van der Waals surface area contributed by atoms with Crippen molar-refractivity contribution in [2.45, 2.75) is 62.9 Å². The Morgan fingerprint density at radius 1 is 1.17 bits per heavy atom. The van der Waals surface area contributed by atoms with Gasteiger partial charge in [-0.3, -0.25) is 4.79 Å². The van der Waals surface area contributed by atoms with Crippen LogP contribution in [0.1, 0.15) is 56.9 Å². The van der Waals surface area contributed by atoms with Crippen LogP contribution in [-0.2, 0) is 10.2 Å². The molecule has 0 bridgehead atoms. The van der Waals surface area contributed by atoms with Crippen LogP contribution in [0.2, 0.25) is 0 Å². The predicted molar refractivity (Wildman–Crippen MR) is 87.5 cm³/mol. The van der Waals surface area contributed by atoms with Gasteiger partial charge in [0, 0.05) is 6.54 Å². The van der Waals surface area contributed by atoms with Crippen LogP contribution in [0.25, 0.3) is 0 Å². The summed E-state index contributed by atoms with van der Waals surface area (Å²) in [6.07, 6.45) is 7.28. The number of amides is 1. The molecule has 2 saturated carbocycles. The Morgan fingerprint density at radius 3 is 2.52 bits per heavy atom. The molecule has 4 heteroatoms. The first-order valence-electron chi connectivity index (χ1n) is 8.82. The van der Waals surface area contributed by atoms with Crippen LogP contribution < -0.4 is 5.32 Å². The number of nitrogens with one attached hydrogen (secondary N) is 1. The highest BCUT2D eigenvalue weighted by molar-refractivity contribution is 5.88. The minimum Gasteiger partial charge on any atom is -0.393 e. The lowest BCUT2D eigenvalue weighted by Gasteiger charge is -2.31. The summed E-state index contributed by atoms with van der Waals surface area (Å²) in [6.45, 7) is 0.638. The summed E-state index contributed by atoms with van der Waals surface area (Å²) in [7, 11) is 0. The number of halogens is 1. The molecule has 1 aromatic rings. The molecule has 2 aliphatic rings. The van der Waals surface area contributed by atoms with Crippen molar-refractivity contribution in [3.05, 3.63) is 35.6 Å². The molecule has 2 N–H and O–H groups in total. The molecule has 23 heavy (non-hydrogen) atoms. The molecule has 0 saturated heterocycles. The molecular weight excluding hydrogens is 293 g/mol. The maximum absolute atomic E-state index is 13.2. The van der Waals surface area contributed by atoms with Crippen molar-refractivity contribution in [2.75, 3.05) is 6.54 Å².